The van der Waals surface area contributed by atoms with Crippen LogP contribution < -0.4 is 4.18 Å². The molecular formula is C22H19ClF3NO7S3. The van der Waals surface area contributed by atoms with Gasteiger partial charge in [0.1, 0.15) is 5.75 Å². The van der Waals surface area contributed by atoms with E-state index in [4.69, 9.17) is 16.3 Å². The van der Waals surface area contributed by atoms with Crippen molar-refractivity contribution in [3.63, 3.8) is 0 Å². The van der Waals surface area contributed by atoms with Gasteiger partial charge in [0, 0.05) is 56.7 Å². The number of carbonyl (C=O) groups excluding carboxylic acids is 1. The van der Waals surface area contributed by atoms with Gasteiger partial charge in [-0.3, -0.25) is 4.79 Å². The summed E-state index contributed by atoms with van der Waals surface area (Å²) in [4.78, 5) is 12.8. The number of sulfone groups is 1. The first-order chi connectivity index (χ1) is 17.1. The van der Waals surface area contributed by atoms with E-state index in [0.29, 0.717) is 33.5 Å². The van der Waals surface area contributed by atoms with E-state index in [0.717, 1.165) is 18.4 Å². The molecule has 2 heterocycles. The number of aryl methyl sites for hydroxylation is 1. The Labute approximate surface area is 219 Å². The van der Waals surface area contributed by atoms with Crippen LogP contribution in [0.25, 0.3) is 10.9 Å². The van der Waals surface area contributed by atoms with Crippen LogP contribution in [0.2, 0.25) is 5.02 Å². The Balaban J connectivity index is 2.00. The summed E-state index contributed by atoms with van der Waals surface area (Å²) < 4.78 is 98.6. The molecule has 15 heteroatoms. The van der Waals surface area contributed by atoms with E-state index < -0.39 is 42.1 Å². The van der Waals surface area contributed by atoms with Gasteiger partial charge in [-0.05, 0) is 30.7 Å². The highest BCUT2D eigenvalue weighted by atomic mass is 35.5. The molecule has 4 rings (SSSR count). The topological polar surface area (TPSA) is 109 Å². The van der Waals surface area contributed by atoms with Crippen molar-refractivity contribution in [2.75, 3.05) is 13.4 Å². The Hall–Kier alpha value is -2.42. The molecule has 1 aliphatic rings. The van der Waals surface area contributed by atoms with Crippen LogP contribution in [0.5, 0.6) is 5.75 Å². The molecule has 0 aliphatic carbocycles. The van der Waals surface area contributed by atoms with Gasteiger partial charge < -0.3 is 13.5 Å². The smallest absolute Gasteiger partial charge is 0.469 e. The van der Waals surface area contributed by atoms with Crippen molar-refractivity contribution < 1.29 is 43.7 Å². The van der Waals surface area contributed by atoms with Crippen LogP contribution in [0, 0.1) is 0 Å². The van der Waals surface area contributed by atoms with Crippen LogP contribution in [-0.4, -0.2) is 46.2 Å². The molecule has 200 valence electrons. The zero-order valence-electron chi connectivity index (χ0n) is 19.2. The first kappa shape index (κ1) is 27.6. The van der Waals surface area contributed by atoms with Crippen molar-refractivity contribution in [1.82, 2.24) is 4.57 Å². The minimum absolute atomic E-state index is 0.0129. The maximum atomic E-state index is 13.0. The number of nitrogens with zero attached hydrogens (tertiary/aromatic N) is 1. The quantitative estimate of drug-likeness (QED) is 0.210. The fourth-order valence-corrected chi connectivity index (χ4v) is 6.94. The minimum Gasteiger partial charge on any atom is -0.469 e. The van der Waals surface area contributed by atoms with Crippen LogP contribution in [0.3, 0.4) is 0 Å². The average molecular weight is 598 g/mol. The molecule has 2 aromatic carbocycles. The summed E-state index contributed by atoms with van der Waals surface area (Å²) in [6.07, 6.45) is 1.31. The molecular weight excluding hydrogens is 579 g/mol. The van der Waals surface area contributed by atoms with E-state index in [-0.39, 0.29) is 23.2 Å². The van der Waals surface area contributed by atoms with Gasteiger partial charge in [-0.1, -0.05) is 23.4 Å². The Bertz CT molecular complexity index is 1600. The molecule has 1 atom stereocenters. The van der Waals surface area contributed by atoms with E-state index in [2.05, 4.69) is 4.18 Å². The number of hydrogen-bond donors (Lipinski definition) is 0. The molecule has 0 N–H and O–H groups in total. The molecule has 1 unspecified atom stereocenters. The van der Waals surface area contributed by atoms with E-state index in [9.17, 15) is 34.8 Å². The molecule has 1 aromatic heterocycles. The van der Waals surface area contributed by atoms with Crippen molar-refractivity contribution in [1.29, 1.82) is 0 Å². The predicted molar refractivity (Wildman–Crippen MR) is 130 cm³/mol. The lowest BCUT2D eigenvalue weighted by atomic mass is 10.00. The Kier molecular flexibility index (Phi) is 7.25. The van der Waals surface area contributed by atoms with Gasteiger partial charge in [-0.25, -0.2) is 8.42 Å². The van der Waals surface area contributed by atoms with Crippen molar-refractivity contribution >= 4 is 60.2 Å². The number of carbonyl (C=O) groups is 1. The Morgan fingerprint density at radius 1 is 1.16 bits per heavy atom. The number of hydrogen-bond acceptors (Lipinski definition) is 8. The summed E-state index contributed by atoms with van der Waals surface area (Å²) in [5.41, 5.74) is -4.97. The maximum Gasteiger partial charge on any atom is 0.534 e. The van der Waals surface area contributed by atoms with Gasteiger partial charge in [0.15, 0.2) is 9.84 Å². The van der Waals surface area contributed by atoms with E-state index >= 15 is 0 Å². The molecule has 1 aliphatic heterocycles. The van der Waals surface area contributed by atoms with Crippen molar-refractivity contribution in [2.45, 2.75) is 45.5 Å². The third kappa shape index (κ3) is 5.42. The second-order valence-corrected chi connectivity index (χ2v) is 13.3. The summed E-state index contributed by atoms with van der Waals surface area (Å²) in [7, 11) is -8.91. The lowest BCUT2D eigenvalue weighted by molar-refractivity contribution is -0.141. The summed E-state index contributed by atoms with van der Waals surface area (Å²) in [5, 5.41) is 0.660. The SMILES string of the molecule is COC(=O)CC1CCn2c1c(Sc1ccc(Cl)cc1)c1c(S(C)(=O)=O)cc(OS(=O)(=O)C(F)(F)F)cc12. The van der Waals surface area contributed by atoms with Gasteiger partial charge in [0.05, 0.1) is 23.9 Å². The van der Waals surface area contributed by atoms with E-state index in [1.54, 1.807) is 28.8 Å². The first-order valence-electron chi connectivity index (χ1n) is 10.5. The average Bonchev–Trinajstić information content (AvgIpc) is 3.32. The van der Waals surface area contributed by atoms with Gasteiger partial charge in [-0.15, -0.1) is 0 Å². The van der Waals surface area contributed by atoms with Crippen LogP contribution in [-0.2, 0) is 36.0 Å². The van der Waals surface area contributed by atoms with E-state index in [1.165, 1.54) is 18.9 Å². The number of aromatic nitrogens is 1. The van der Waals surface area contributed by atoms with Gasteiger partial charge in [0.2, 0.25) is 0 Å². The largest absolute Gasteiger partial charge is 0.534 e. The monoisotopic (exact) mass is 597 g/mol. The molecule has 0 radical (unpaired) electrons. The van der Waals surface area contributed by atoms with Crippen molar-refractivity contribution in [3.05, 3.63) is 47.1 Å². The summed E-state index contributed by atoms with van der Waals surface area (Å²) in [6.45, 7) is 0.299. The third-order valence-electron chi connectivity index (χ3n) is 5.75. The van der Waals surface area contributed by atoms with Crippen LogP contribution in [0.4, 0.5) is 13.2 Å². The van der Waals surface area contributed by atoms with Crippen LogP contribution >= 0.6 is 23.4 Å². The summed E-state index contributed by atoms with van der Waals surface area (Å²) in [5.74, 6) is -1.68. The molecule has 0 amide bonds. The standard InChI is InChI=1S/C22H19ClF3NO7S3/c1-33-18(28)9-12-7-8-27-16-10-14(34-37(31,32)22(24,25)26)11-17(36(2,29)30)19(16)21(20(12)27)35-15-5-3-13(23)4-6-15/h3-6,10-12H,7-9H2,1-2H3. The highest BCUT2D eigenvalue weighted by molar-refractivity contribution is 7.99. The van der Waals surface area contributed by atoms with Crippen LogP contribution in [0.15, 0.2) is 51.1 Å². The normalized spacial score (nSPS) is 16.1. The molecule has 8 nitrogen and oxygen atoms in total. The third-order valence-corrected chi connectivity index (χ3v) is 9.22. The zero-order chi connectivity index (χ0) is 27.3. The molecule has 0 bridgehead atoms. The van der Waals surface area contributed by atoms with Gasteiger partial charge >= 0.3 is 21.6 Å². The number of rotatable bonds is 7. The second-order valence-electron chi connectivity index (χ2n) is 8.26. The molecule has 3 aromatic rings. The van der Waals surface area contributed by atoms with Gasteiger partial charge in [-0.2, -0.15) is 21.6 Å². The summed E-state index contributed by atoms with van der Waals surface area (Å²) in [6, 6.07) is 8.52. The lowest BCUT2D eigenvalue weighted by Crippen LogP contribution is -2.28. The predicted octanol–water partition coefficient (Wildman–Crippen LogP) is 5.13. The van der Waals surface area contributed by atoms with Crippen LogP contribution in [0.1, 0.15) is 24.5 Å². The number of fused-ring (bicyclic) bond motifs is 3. The molecule has 0 spiro atoms. The van der Waals surface area contributed by atoms with Crippen molar-refractivity contribution in [2.24, 2.45) is 0 Å². The fraction of sp³-hybridized carbons (Fsp3) is 0.318. The van der Waals surface area contributed by atoms with Crippen molar-refractivity contribution in [3.8, 4) is 5.75 Å². The van der Waals surface area contributed by atoms with Gasteiger partial charge in [0.25, 0.3) is 0 Å². The minimum atomic E-state index is -6.05. The highest BCUT2D eigenvalue weighted by Gasteiger charge is 2.49. The Morgan fingerprint density at radius 2 is 1.81 bits per heavy atom. The number of alkyl halides is 3. The molecule has 0 saturated heterocycles. The molecule has 0 fully saturated rings. The molecule has 37 heavy (non-hydrogen) atoms. The fourth-order valence-electron chi connectivity index (χ4n) is 4.19. The van der Waals surface area contributed by atoms with E-state index in [1.807, 2.05) is 0 Å². The number of ether oxygens (including phenoxy) is 1. The number of benzene rings is 2. The highest BCUT2D eigenvalue weighted by Crippen LogP contribution is 2.49. The first-order valence-corrected chi connectivity index (χ1v) is 15.0. The molecule has 0 saturated carbocycles. The maximum absolute atomic E-state index is 13.0. The number of esters is 1. The zero-order valence-corrected chi connectivity index (χ0v) is 22.4. The Morgan fingerprint density at radius 3 is 2.38 bits per heavy atom. The number of halogens is 4. The summed E-state index contributed by atoms with van der Waals surface area (Å²) >= 11 is 7.17. The lowest BCUT2D eigenvalue weighted by Gasteiger charge is -2.13. The second kappa shape index (κ2) is 9.71. The number of methoxy groups -OCH3 is 1.